The van der Waals surface area contributed by atoms with Gasteiger partial charge in [0.05, 0.1) is 12.4 Å². The molecule has 0 aromatic rings. The van der Waals surface area contributed by atoms with Crippen LogP contribution in [0.1, 0.15) is 51.9 Å². The van der Waals surface area contributed by atoms with Gasteiger partial charge >= 0.3 is 0 Å². The van der Waals surface area contributed by atoms with Gasteiger partial charge in [0.1, 0.15) is 5.78 Å². The molecule has 0 heterocycles. The predicted molar refractivity (Wildman–Crippen MR) is 85.7 cm³/mol. The average molecular weight is 291 g/mol. The van der Waals surface area contributed by atoms with E-state index in [1.165, 1.54) is 38.5 Å². The standard InChI is InChI=1S/C18H29NO2/c1-14-16(17(20)11-12-19)9-6-10-18(14)21-13-15-7-4-2-3-5-8-15/h6,9-10,14-16H,2-5,7-8,11-13,19H2,1H3. The second kappa shape index (κ2) is 8.38. The number of carbonyl (C=O) groups is 1. The Bertz CT molecular complexity index is 392. The number of carbonyl (C=O) groups excluding carboxylic acids is 1. The molecule has 2 N–H and O–H groups in total. The first-order valence-electron chi connectivity index (χ1n) is 8.46. The highest BCUT2D eigenvalue weighted by molar-refractivity contribution is 5.83. The van der Waals surface area contributed by atoms with Crippen LogP contribution in [0, 0.1) is 17.8 Å². The molecule has 1 saturated carbocycles. The molecule has 0 bridgehead atoms. The Balaban J connectivity index is 1.86. The fourth-order valence-corrected chi connectivity index (χ4v) is 3.38. The van der Waals surface area contributed by atoms with Gasteiger partial charge in [-0.1, -0.05) is 44.8 Å². The molecule has 2 aliphatic carbocycles. The lowest BCUT2D eigenvalue weighted by atomic mass is 9.84. The number of rotatable bonds is 6. The molecule has 0 saturated heterocycles. The van der Waals surface area contributed by atoms with E-state index in [4.69, 9.17) is 10.5 Å². The van der Waals surface area contributed by atoms with Gasteiger partial charge in [-0.2, -0.15) is 0 Å². The fourth-order valence-electron chi connectivity index (χ4n) is 3.38. The summed E-state index contributed by atoms with van der Waals surface area (Å²) in [5, 5.41) is 0. The second-order valence-corrected chi connectivity index (χ2v) is 6.44. The normalized spacial score (nSPS) is 27.0. The van der Waals surface area contributed by atoms with Crippen molar-refractivity contribution in [2.45, 2.75) is 51.9 Å². The minimum Gasteiger partial charge on any atom is -0.497 e. The zero-order valence-corrected chi connectivity index (χ0v) is 13.2. The average Bonchev–Trinajstić information content (AvgIpc) is 2.75. The molecule has 2 aliphatic rings. The second-order valence-electron chi connectivity index (χ2n) is 6.44. The van der Waals surface area contributed by atoms with Crippen LogP contribution in [-0.4, -0.2) is 18.9 Å². The summed E-state index contributed by atoms with van der Waals surface area (Å²) in [6, 6.07) is 0. The predicted octanol–water partition coefficient (Wildman–Crippen LogP) is 3.60. The lowest BCUT2D eigenvalue weighted by molar-refractivity contribution is -0.122. The van der Waals surface area contributed by atoms with E-state index < -0.39 is 0 Å². The zero-order chi connectivity index (χ0) is 15.1. The lowest BCUT2D eigenvalue weighted by Gasteiger charge is -2.27. The minimum absolute atomic E-state index is 0.0670. The summed E-state index contributed by atoms with van der Waals surface area (Å²) < 4.78 is 6.08. The molecule has 0 radical (unpaired) electrons. The third kappa shape index (κ3) is 4.70. The first-order chi connectivity index (χ1) is 10.2. The monoisotopic (exact) mass is 291 g/mol. The molecule has 0 spiro atoms. The fraction of sp³-hybridized carbons (Fsp3) is 0.722. The molecule has 1 fully saturated rings. The van der Waals surface area contributed by atoms with Crippen LogP contribution in [0.4, 0.5) is 0 Å². The van der Waals surface area contributed by atoms with E-state index in [2.05, 4.69) is 6.92 Å². The Morgan fingerprint density at radius 3 is 2.67 bits per heavy atom. The first kappa shape index (κ1) is 16.3. The number of hydrogen-bond acceptors (Lipinski definition) is 3. The summed E-state index contributed by atoms with van der Waals surface area (Å²) in [7, 11) is 0. The Morgan fingerprint density at radius 2 is 2.00 bits per heavy atom. The highest BCUT2D eigenvalue weighted by atomic mass is 16.5. The summed E-state index contributed by atoms with van der Waals surface area (Å²) in [4.78, 5) is 12.1. The molecule has 3 heteroatoms. The van der Waals surface area contributed by atoms with Crippen molar-refractivity contribution < 1.29 is 9.53 Å². The van der Waals surface area contributed by atoms with Gasteiger partial charge in [-0.05, 0) is 31.4 Å². The Labute approximate surface area is 128 Å². The van der Waals surface area contributed by atoms with Gasteiger partial charge in [0.25, 0.3) is 0 Å². The van der Waals surface area contributed by atoms with Crippen molar-refractivity contribution in [2.24, 2.45) is 23.5 Å². The van der Waals surface area contributed by atoms with E-state index in [0.29, 0.717) is 18.9 Å². The summed E-state index contributed by atoms with van der Waals surface area (Å²) >= 11 is 0. The molecular formula is C18H29NO2. The van der Waals surface area contributed by atoms with E-state index in [1.807, 2.05) is 18.2 Å². The highest BCUT2D eigenvalue weighted by Crippen LogP contribution is 2.30. The molecule has 2 atom stereocenters. The van der Waals surface area contributed by atoms with Crippen LogP contribution < -0.4 is 5.73 Å². The molecular weight excluding hydrogens is 262 g/mol. The largest absolute Gasteiger partial charge is 0.497 e. The van der Waals surface area contributed by atoms with Gasteiger partial charge < -0.3 is 10.5 Å². The quantitative estimate of drug-likeness (QED) is 0.761. The van der Waals surface area contributed by atoms with Gasteiger partial charge in [0.15, 0.2) is 0 Å². The summed E-state index contributed by atoms with van der Waals surface area (Å²) in [5.74, 6) is 1.95. The number of allylic oxidation sites excluding steroid dienone is 4. The summed E-state index contributed by atoms with van der Waals surface area (Å²) in [6.45, 7) is 3.32. The third-order valence-electron chi connectivity index (χ3n) is 4.79. The minimum atomic E-state index is -0.0670. The topological polar surface area (TPSA) is 52.3 Å². The van der Waals surface area contributed by atoms with Crippen LogP contribution >= 0.6 is 0 Å². The highest BCUT2D eigenvalue weighted by Gasteiger charge is 2.28. The van der Waals surface area contributed by atoms with Crippen molar-refractivity contribution in [1.82, 2.24) is 0 Å². The smallest absolute Gasteiger partial charge is 0.141 e. The van der Waals surface area contributed by atoms with Gasteiger partial charge in [-0.25, -0.2) is 0 Å². The van der Waals surface area contributed by atoms with Crippen molar-refractivity contribution in [3.63, 3.8) is 0 Å². The van der Waals surface area contributed by atoms with Crippen molar-refractivity contribution >= 4 is 5.78 Å². The lowest BCUT2D eigenvalue weighted by Crippen LogP contribution is -2.26. The maximum absolute atomic E-state index is 12.1. The number of ketones is 1. The third-order valence-corrected chi connectivity index (χ3v) is 4.79. The molecule has 0 aromatic carbocycles. The van der Waals surface area contributed by atoms with Crippen molar-refractivity contribution in [2.75, 3.05) is 13.2 Å². The van der Waals surface area contributed by atoms with E-state index in [9.17, 15) is 4.79 Å². The Kier molecular flexibility index (Phi) is 6.50. The SMILES string of the molecule is CC1C(OCC2CCCCCC2)=CC=CC1C(=O)CCN. The van der Waals surface area contributed by atoms with Crippen LogP contribution in [0.25, 0.3) is 0 Å². The maximum Gasteiger partial charge on any atom is 0.141 e. The van der Waals surface area contributed by atoms with Crippen LogP contribution in [0.2, 0.25) is 0 Å². The molecule has 2 rings (SSSR count). The van der Waals surface area contributed by atoms with Crippen molar-refractivity contribution in [1.29, 1.82) is 0 Å². The number of ether oxygens (including phenoxy) is 1. The molecule has 0 amide bonds. The number of hydrogen-bond donors (Lipinski definition) is 1. The Hall–Kier alpha value is -1.09. The number of Topliss-reactive ketones (excluding diaryl/α,β-unsaturated/α-hetero) is 1. The van der Waals surface area contributed by atoms with Crippen LogP contribution in [-0.2, 0) is 9.53 Å². The van der Waals surface area contributed by atoms with Crippen LogP contribution in [0.15, 0.2) is 24.0 Å². The molecule has 3 nitrogen and oxygen atoms in total. The van der Waals surface area contributed by atoms with Gasteiger partial charge in [0, 0.05) is 18.3 Å². The zero-order valence-electron chi connectivity index (χ0n) is 13.2. The van der Waals surface area contributed by atoms with E-state index in [0.717, 1.165) is 12.4 Å². The van der Waals surface area contributed by atoms with E-state index in [-0.39, 0.29) is 17.6 Å². The van der Waals surface area contributed by atoms with Gasteiger partial charge in [-0.3, -0.25) is 4.79 Å². The Morgan fingerprint density at radius 1 is 1.29 bits per heavy atom. The molecule has 0 aromatic heterocycles. The van der Waals surface area contributed by atoms with Crippen molar-refractivity contribution in [3.05, 3.63) is 24.0 Å². The van der Waals surface area contributed by atoms with Crippen LogP contribution in [0.3, 0.4) is 0 Å². The van der Waals surface area contributed by atoms with Gasteiger partial charge in [0.2, 0.25) is 0 Å². The molecule has 21 heavy (non-hydrogen) atoms. The number of nitrogens with two attached hydrogens (primary N) is 1. The maximum atomic E-state index is 12.1. The van der Waals surface area contributed by atoms with Crippen molar-refractivity contribution in [3.8, 4) is 0 Å². The molecule has 118 valence electrons. The van der Waals surface area contributed by atoms with E-state index >= 15 is 0 Å². The summed E-state index contributed by atoms with van der Waals surface area (Å²) in [5.41, 5.74) is 5.50. The van der Waals surface area contributed by atoms with E-state index in [1.54, 1.807) is 0 Å². The summed E-state index contributed by atoms with van der Waals surface area (Å²) in [6.07, 6.45) is 14.4. The first-order valence-corrected chi connectivity index (χ1v) is 8.46. The van der Waals surface area contributed by atoms with Crippen LogP contribution in [0.5, 0.6) is 0 Å². The molecule has 0 aliphatic heterocycles. The van der Waals surface area contributed by atoms with Gasteiger partial charge in [-0.15, -0.1) is 0 Å². The molecule has 2 unspecified atom stereocenters.